The molecule has 2 aromatic carbocycles. The lowest BCUT2D eigenvalue weighted by Gasteiger charge is -2.30. The topological polar surface area (TPSA) is 32.3 Å². The molecular weight excluding hydrogens is 563 g/mol. The number of aryl methyl sites for hydroxylation is 1. The smallest absolute Gasteiger partial charge is 0.372 e. The lowest BCUT2D eigenvalue weighted by molar-refractivity contribution is -0.143. The number of hydrogen-bond donors (Lipinski definition) is 0. The van der Waals surface area contributed by atoms with Gasteiger partial charge in [-0.05, 0) is 67.8 Å². The summed E-state index contributed by atoms with van der Waals surface area (Å²) in [6.45, 7) is 5.63. The summed E-state index contributed by atoms with van der Waals surface area (Å²) in [5, 5.41) is 0. The van der Waals surface area contributed by atoms with Crippen molar-refractivity contribution in [3.63, 3.8) is 0 Å². The molecule has 3 rings (SSSR count). The Labute approximate surface area is 231 Å². The number of anilines is 2. The van der Waals surface area contributed by atoms with Crippen molar-refractivity contribution in [2.24, 2.45) is 0 Å². The Morgan fingerprint density at radius 3 is 1.80 bits per heavy atom. The van der Waals surface area contributed by atoms with Crippen LogP contribution in [-0.4, -0.2) is 23.1 Å². The van der Waals surface area contributed by atoms with Gasteiger partial charge >= 0.3 is 18.5 Å². The molecule has 0 aliphatic carbocycles. The van der Waals surface area contributed by atoms with Gasteiger partial charge in [0.25, 0.3) is 0 Å². The van der Waals surface area contributed by atoms with E-state index in [0.29, 0.717) is 36.6 Å². The molecule has 1 aromatic heterocycles. The summed E-state index contributed by atoms with van der Waals surface area (Å²) in [6.07, 6.45) is -12.0. The monoisotopic (exact) mass is 592 g/mol. The van der Waals surface area contributed by atoms with Crippen molar-refractivity contribution in [2.45, 2.75) is 65.2 Å². The average molecular weight is 593 g/mol. The predicted octanol–water partition coefficient (Wildman–Crippen LogP) is 8.67. The van der Waals surface area contributed by atoms with Gasteiger partial charge in [0.05, 0.1) is 16.7 Å². The van der Waals surface area contributed by atoms with Crippen LogP contribution in [-0.2, 0) is 31.6 Å². The minimum Gasteiger partial charge on any atom is -0.372 e. The molecule has 1 heterocycles. The van der Waals surface area contributed by atoms with Gasteiger partial charge in [0.2, 0.25) is 0 Å². The van der Waals surface area contributed by atoms with E-state index in [1.807, 2.05) is 18.7 Å². The molecule has 0 saturated heterocycles. The highest BCUT2D eigenvalue weighted by Gasteiger charge is 2.37. The van der Waals surface area contributed by atoms with Gasteiger partial charge in [-0.2, -0.15) is 39.5 Å². The fraction of sp³-hybridized carbons (Fsp3) is 0.429. The van der Waals surface area contributed by atoms with E-state index in [4.69, 9.17) is 0 Å². The van der Waals surface area contributed by atoms with Crippen LogP contribution in [0.2, 0.25) is 0 Å². The van der Waals surface area contributed by atoms with Crippen molar-refractivity contribution >= 4 is 11.5 Å². The van der Waals surface area contributed by atoms with Crippen LogP contribution in [0.1, 0.15) is 60.2 Å². The van der Waals surface area contributed by atoms with Crippen molar-refractivity contribution < 1.29 is 39.5 Å². The van der Waals surface area contributed by atoms with Crippen LogP contribution in [0, 0.1) is 6.92 Å². The average Bonchev–Trinajstić information content (AvgIpc) is 2.87. The highest BCUT2D eigenvalue weighted by Crippen LogP contribution is 2.38. The Kier molecular flexibility index (Phi) is 9.81. The zero-order valence-corrected chi connectivity index (χ0v) is 22.6. The third-order valence-corrected chi connectivity index (χ3v) is 6.41. The number of rotatable bonds is 10. The van der Waals surface area contributed by atoms with Gasteiger partial charge in [0.15, 0.2) is 0 Å². The molecule has 3 aromatic rings. The number of unbranched alkanes of at least 4 members (excludes halogenated alkanes) is 1. The summed E-state index contributed by atoms with van der Waals surface area (Å²) in [4.78, 5) is 11.3. The molecule has 41 heavy (non-hydrogen) atoms. The second-order valence-corrected chi connectivity index (χ2v) is 9.56. The van der Waals surface area contributed by atoms with E-state index < -0.39 is 41.8 Å². The van der Waals surface area contributed by atoms with E-state index >= 15 is 0 Å². The van der Waals surface area contributed by atoms with E-state index in [2.05, 4.69) is 9.97 Å². The van der Waals surface area contributed by atoms with Crippen LogP contribution in [0.5, 0.6) is 0 Å². The molecule has 224 valence electrons. The van der Waals surface area contributed by atoms with Crippen LogP contribution in [0.15, 0.2) is 48.8 Å². The first-order valence-electron chi connectivity index (χ1n) is 12.8. The molecule has 4 nitrogen and oxygen atoms in total. The number of aromatic nitrogens is 2. The molecule has 0 aliphatic heterocycles. The van der Waals surface area contributed by atoms with Crippen molar-refractivity contribution in [1.29, 1.82) is 0 Å². The molecule has 13 heteroatoms. The quantitative estimate of drug-likeness (QED) is 0.221. The summed E-state index contributed by atoms with van der Waals surface area (Å²) in [6, 6.07) is 5.94. The van der Waals surface area contributed by atoms with Gasteiger partial charge in [-0.25, -0.2) is 9.97 Å². The van der Waals surface area contributed by atoms with Crippen LogP contribution in [0.3, 0.4) is 0 Å². The Hall–Kier alpha value is -3.51. The molecule has 0 aliphatic rings. The predicted molar refractivity (Wildman–Crippen MR) is 137 cm³/mol. The maximum Gasteiger partial charge on any atom is 0.416 e. The summed E-state index contributed by atoms with van der Waals surface area (Å²) in [5.41, 5.74) is -3.13. The van der Waals surface area contributed by atoms with Crippen molar-refractivity contribution in [1.82, 2.24) is 9.97 Å². The highest BCUT2D eigenvalue weighted by molar-refractivity contribution is 5.57. The first kappa shape index (κ1) is 32.0. The first-order valence-corrected chi connectivity index (χ1v) is 12.8. The summed E-state index contributed by atoms with van der Waals surface area (Å²) < 4.78 is 122. The third kappa shape index (κ3) is 8.49. The molecule has 0 fully saturated rings. The second kappa shape index (κ2) is 12.6. The number of halogens is 9. The van der Waals surface area contributed by atoms with E-state index in [1.165, 1.54) is 17.0 Å². The van der Waals surface area contributed by atoms with Crippen LogP contribution < -0.4 is 9.80 Å². The Balaban J connectivity index is 2.17. The molecule has 0 N–H and O–H groups in total. The Bertz CT molecular complexity index is 1280. The molecule has 0 saturated carbocycles. The summed E-state index contributed by atoms with van der Waals surface area (Å²) >= 11 is 0. The molecule has 0 amide bonds. The SMILES string of the molecule is CCCCN(CC)c1ccc(C(F)(F)F)cc1CN(Cc1cc(C(F)(F)F)cc(C(F)(F)F)c1)c1cc(C)ncn1. The lowest BCUT2D eigenvalue weighted by Crippen LogP contribution is -2.29. The second-order valence-electron chi connectivity index (χ2n) is 9.56. The molecule has 0 atom stereocenters. The number of alkyl halides is 9. The molecular formula is C28H29F9N4. The fourth-order valence-corrected chi connectivity index (χ4v) is 4.36. The molecule has 0 unspecified atom stereocenters. The zero-order valence-electron chi connectivity index (χ0n) is 22.6. The van der Waals surface area contributed by atoms with Crippen LogP contribution >= 0.6 is 0 Å². The summed E-state index contributed by atoms with van der Waals surface area (Å²) in [5.74, 6) is 0.128. The lowest BCUT2D eigenvalue weighted by atomic mass is 10.0. The standard InChI is InChI=1S/C28H29F9N4/c1-4-6-9-40(5-2)24-8-7-21(26(29,30)31)13-20(24)16-41(25-10-18(3)38-17-39-25)15-19-11-22(27(32,33)34)14-23(12-19)28(35,36)37/h7-8,10-14,17H,4-6,9,15-16H2,1-3H3. The van der Waals surface area contributed by atoms with Gasteiger partial charge in [0, 0.05) is 43.6 Å². The molecule has 0 radical (unpaired) electrons. The van der Waals surface area contributed by atoms with E-state index in [1.54, 1.807) is 6.92 Å². The highest BCUT2D eigenvalue weighted by atomic mass is 19.4. The van der Waals surface area contributed by atoms with Gasteiger partial charge in [0.1, 0.15) is 12.1 Å². The fourth-order valence-electron chi connectivity index (χ4n) is 4.36. The third-order valence-electron chi connectivity index (χ3n) is 6.41. The maximum absolute atomic E-state index is 13.7. The summed E-state index contributed by atoms with van der Waals surface area (Å²) in [7, 11) is 0. The van der Waals surface area contributed by atoms with Crippen LogP contribution in [0.4, 0.5) is 51.0 Å². The number of hydrogen-bond acceptors (Lipinski definition) is 4. The van der Waals surface area contributed by atoms with Gasteiger partial charge in [-0.15, -0.1) is 0 Å². The Morgan fingerprint density at radius 1 is 0.683 bits per heavy atom. The van der Waals surface area contributed by atoms with Crippen molar-refractivity contribution in [3.8, 4) is 0 Å². The van der Waals surface area contributed by atoms with Crippen molar-refractivity contribution in [3.05, 3.63) is 82.3 Å². The zero-order chi connectivity index (χ0) is 30.6. The number of benzene rings is 2. The van der Waals surface area contributed by atoms with E-state index in [-0.39, 0.29) is 29.6 Å². The Morgan fingerprint density at radius 2 is 1.29 bits per heavy atom. The van der Waals surface area contributed by atoms with Gasteiger partial charge in [-0.1, -0.05) is 13.3 Å². The van der Waals surface area contributed by atoms with Gasteiger partial charge < -0.3 is 9.80 Å². The van der Waals surface area contributed by atoms with Crippen molar-refractivity contribution in [2.75, 3.05) is 22.9 Å². The number of nitrogens with zero attached hydrogens (tertiary/aromatic N) is 4. The minimum atomic E-state index is -5.05. The molecule has 0 spiro atoms. The van der Waals surface area contributed by atoms with E-state index in [0.717, 1.165) is 31.3 Å². The normalized spacial score (nSPS) is 12.5. The largest absolute Gasteiger partial charge is 0.416 e. The maximum atomic E-state index is 13.7. The molecule has 0 bridgehead atoms. The van der Waals surface area contributed by atoms with Gasteiger partial charge in [-0.3, -0.25) is 0 Å². The minimum absolute atomic E-state index is 0.0282. The van der Waals surface area contributed by atoms with Crippen LogP contribution in [0.25, 0.3) is 0 Å². The first-order chi connectivity index (χ1) is 19.0. The van der Waals surface area contributed by atoms with E-state index in [9.17, 15) is 39.5 Å².